The standard InChI is InChI=1S/C19H23ClN8O3/c20-14-16(22)26-15(21)13(25-14)17(29)27-19(23)24-12-5-7-28(8-6-12)9-10-1-3-11(4-2-10)18(30)31/h1-4,12H,5-9H2,(H,30,31)(H4,21,22,26)(H3,23,24,27,29). The summed E-state index contributed by atoms with van der Waals surface area (Å²) in [4.78, 5) is 36.8. The van der Waals surface area contributed by atoms with E-state index in [2.05, 4.69) is 25.2 Å². The summed E-state index contributed by atoms with van der Waals surface area (Å²) in [7, 11) is 0. The van der Waals surface area contributed by atoms with Gasteiger partial charge in [0.1, 0.15) is 0 Å². The molecule has 1 saturated heterocycles. The summed E-state index contributed by atoms with van der Waals surface area (Å²) in [5.74, 6) is -1.99. The maximum Gasteiger partial charge on any atom is 0.335 e. The molecule has 0 radical (unpaired) electrons. The monoisotopic (exact) mass is 446 g/mol. The summed E-state index contributed by atoms with van der Waals surface area (Å²) in [5, 5.41) is 11.9. The Labute approximate surface area is 183 Å². The summed E-state index contributed by atoms with van der Waals surface area (Å²) < 4.78 is 0. The zero-order valence-electron chi connectivity index (χ0n) is 16.6. The molecule has 0 spiro atoms. The number of nitrogens with one attached hydrogen (secondary N) is 1. The Hall–Kier alpha value is -3.44. The van der Waals surface area contributed by atoms with Gasteiger partial charge >= 0.3 is 11.9 Å². The number of carbonyl (C=O) groups excluding carboxylic acids is 1. The normalized spacial score (nSPS) is 15.6. The van der Waals surface area contributed by atoms with Crippen LogP contribution in [0.3, 0.4) is 0 Å². The van der Waals surface area contributed by atoms with Gasteiger partial charge in [0.25, 0.3) is 0 Å². The highest BCUT2D eigenvalue weighted by atomic mass is 35.5. The number of halogens is 1. The Kier molecular flexibility index (Phi) is 6.88. The maximum absolute atomic E-state index is 12.3. The third kappa shape index (κ3) is 5.80. The minimum Gasteiger partial charge on any atom is -0.478 e. The summed E-state index contributed by atoms with van der Waals surface area (Å²) in [6.45, 7) is 2.35. The van der Waals surface area contributed by atoms with E-state index in [1.165, 1.54) is 0 Å². The number of amides is 1. The van der Waals surface area contributed by atoms with Crippen LogP contribution in [0.4, 0.5) is 11.6 Å². The molecule has 1 fully saturated rings. The van der Waals surface area contributed by atoms with Crippen molar-refractivity contribution in [3.05, 3.63) is 46.2 Å². The Morgan fingerprint density at radius 1 is 1.16 bits per heavy atom. The SMILES string of the molecule is N/C(=N\C(=O)c1nc(Cl)c(N)nc1N)NC1CCN(Cc2ccc(C(=O)O)cc2)CC1. The smallest absolute Gasteiger partial charge is 0.335 e. The van der Waals surface area contributed by atoms with Gasteiger partial charge in [0.05, 0.1) is 5.56 Å². The van der Waals surface area contributed by atoms with Crippen molar-refractivity contribution in [2.24, 2.45) is 10.7 Å². The number of rotatable bonds is 5. The third-order valence-electron chi connectivity index (χ3n) is 4.88. The number of nitrogen functional groups attached to an aromatic ring is 2. The van der Waals surface area contributed by atoms with Gasteiger partial charge in [-0.25, -0.2) is 14.8 Å². The van der Waals surface area contributed by atoms with Crippen LogP contribution in [0.15, 0.2) is 29.3 Å². The Morgan fingerprint density at radius 3 is 2.42 bits per heavy atom. The van der Waals surface area contributed by atoms with Crippen LogP contribution in [-0.2, 0) is 6.54 Å². The molecule has 3 rings (SSSR count). The van der Waals surface area contributed by atoms with Crippen molar-refractivity contribution in [3.8, 4) is 0 Å². The maximum atomic E-state index is 12.3. The lowest BCUT2D eigenvalue weighted by molar-refractivity contribution is 0.0696. The number of guanidine groups is 1. The van der Waals surface area contributed by atoms with Crippen LogP contribution in [0.5, 0.6) is 0 Å². The quantitative estimate of drug-likeness (QED) is 0.323. The van der Waals surface area contributed by atoms with Gasteiger partial charge in [-0.1, -0.05) is 23.7 Å². The Balaban J connectivity index is 1.51. The number of carbonyl (C=O) groups is 2. The summed E-state index contributed by atoms with van der Waals surface area (Å²) in [6.07, 6.45) is 1.60. The van der Waals surface area contributed by atoms with Gasteiger partial charge in [-0.15, -0.1) is 0 Å². The van der Waals surface area contributed by atoms with Crippen LogP contribution < -0.4 is 22.5 Å². The van der Waals surface area contributed by atoms with E-state index in [4.69, 9.17) is 33.9 Å². The van der Waals surface area contributed by atoms with Crippen LogP contribution in [0.2, 0.25) is 5.15 Å². The highest BCUT2D eigenvalue weighted by Crippen LogP contribution is 2.18. The molecule has 1 aromatic carbocycles. The molecule has 0 atom stereocenters. The second-order valence-corrected chi connectivity index (χ2v) is 7.49. The number of hydrogen-bond acceptors (Lipinski definition) is 7. The number of nitrogens with two attached hydrogens (primary N) is 3. The number of carboxylic acids is 1. The largest absolute Gasteiger partial charge is 0.478 e. The van der Waals surface area contributed by atoms with Crippen LogP contribution in [0.1, 0.15) is 39.3 Å². The number of aromatic nitrogens is 2. The molecule has 0 unspecified atom stereocenters. The molecule has 1 aliphatic heterocycles. The lowest BCUT2D eigenvalue weighted by atomic mass is 10.0. The van der Waals surface area contributed by atoms with Crippen molar-refractivity contribution in [1.82, 2.24) is 20.2 Å². The van der Waals surface area contributed by atoms with Crippen LogP contribution in [0.25, 0.3) is 0 Å². The van der Waals surface area contributed by atoms with E-state index in [0.29, 0.717) is 0 Å². The fourth-order valence-corrected chi connectivity index (χ4v) is 3.38. The van der Waals surface area contributed by atoms with E-state index in [0.717, 1.165) is 38.0 Å². The molecule has 2 aromatic rings. The first kappa shape index (κ1) is 22.2. The zero-order valence-corrected chi connectivity index (χ0v) is 17.3. The van der Waals surface area contributed by atoms with E-state index in [9.17, 15) is 9.59 Å². The van der Waals surface area contributed by atoms with Crippen molar-refractivity contribution in [2.75, 3.05) is 24.6 Å². The molecule has 11 nitrogen and oxygen atoms in total. The van der Waals surface area contributed by atoms with E-state index in [-0.39, 0.29) is 40.0 Å². The molecule has 1 amide bonds. The minimum absolute atomic E-state index is 0.0399. The van der Waals surface area contributed by atoms with Crippen LogP contribution >= 0.6 is 11.6 Å². The summed E-state index contributed by atoms with van der Waals surface area (Å²) in [6, 6.07) is 6.90. The van der Waals surface area contributed by atoms with Crippen molar-refractivity contribution in [1.29, 1.82) is 0 Å². The third-order valence-corrected chi connectivity index (χ3v) is 5.15. The van der Waals surface area contributed by atoms with E-state index in [1.807, 2.05) is 12.1 Å². The average Bonchev–Trinajstić information content (AvgIpc) is 2.72. The second kappa shape index (κ2) is 9.58. The number of anilines is 2. The van der Waals surface area contributed by atoms with Gasteiger partial charge in [-0.05, 0) is 30.5 Å². The van der Waals surface area contributed by atoms with Crippen LogP contribution in [-0.4, -0.2) is 56.9 Å². The number of aromatic carboxylic acids is 1. The molecule has 0 saturated carbocycles. The van der Waals surface area contributed by atoms with Gasteiger partial charge in [0.15, 0.2) is 28.4 Å². The highest BCUT2D eigenvalue weighted by molar-refractivity contribution is 6.31. The van der Waals surface area contributed by atoms with Crippen LogP contribution in [0, 0.1) is 0 Å². The lowest BCUT2D eigenvalue weighted by Gasteiger charge is -2.32. The molecule has 1 aromatic heterocycles. The number of carboxylic acid groups (broad SMARTS) is 1. The molecule has 8 N–H and O–H groups in total. The minimum atomic E-state index is -0.939. The van der Waals surface area contributed by atoms with Crippen molar-refractivity contribution in [2.45, 2.75) is 25.4 Å². The average molecular weight is 447 g/mol. The lowest BCUT2D eigenvalue weighted by Crippen LogP contribution is -2.47. The fraction of sp³-hybridized carbons (Fsp3) is 0.316. The molecular formula is C19H23ClN8O3. The predicted octanol–water partition coefficient (Wildman–Crippen LogP) is 0.702. The summed E-state index contributed by atoms with van der Waals surface area (Å²) in [5.41, 5.74) is 18.1. The van der Waals surface area contributed by atoms with E-state index in [1.54, 1.807) is 12.1 Å². The molecule has 164 valence electrons. The fourth-order valence-electron chi connectivity index (χ4n) is 3.25. The molecular weight excluding hydrogens is 424 g/mol. The topological polar surface area (TPSA) is 186 Å². The number of nitrogens with zero attached hydrogens (tertiary/aromatic N) is 4. The van der Waals surface area contributed by atoms with Gasteiger partial charge in [0.2, 0.25) is 0 Å². The highest BCUT2D eigenvalue weighted by Gasteiger charge is 2.21. The predicted molar refractivity (Wildman–Crippen MR) is 117 cm³/mol. The number of likely N-dealkylation sites (tertiary alicyclic amines) is 1. The second-order valence-electron chi connectivity index (χ2n) is 7.13. The first-order chi connectivity index (χ1) is 14.7. The van der Waals surface area contributed by atoms with Crippen molar-refractivity contribution < 1.29 is 14.7 Å². The van der Waals surface area contributed by atoms with Gasteiger partial charge in [-0.2, -0.15) is 4.99 Å². The first-order valence-corrected chi connectivity index (χ1v) is 9.89. The van der Waals surface area contributed by atoms with E-state index < -0.39 is 11.9 Å². The van der Waals surface area contributed by atoms with E-state index >= 15 is 0 Å². The van der Waals surface area contributed by atoms with Crippen molar-refractivity contribution in [3.63, 3.8) is 0 Å². The molecule has 2 heterocycles. The number of hydrogen-bond donors (Lipinski definition) is 5. The zero-order chi connectivity index (χ0) is 22.5. The summed E-state index contributed by atoms with van der Waals surface area (Å²) >= 11 is 5.78. The van der Waals surface area contributed by atoms with Gasteiger partial charge < -0.3 is 27.6 Å². The Bertz CT molecular complexity index is 1000. The molecule has 12 heteroatoms. The molecule has 0 aliphatic carbocycles. The number of benzene rings is 1. The van der Waals surface area contributed by atoms with Gasteiger partial charge in [0, 0.05) is 25.7 Å². The first-order valence-electron chi connectivity index (χ1n) is 9.51. The molecule has 0 bridgehead atoms. The number of piperidine rings is 1. The number of aliphatic imine (C=N–C) groups is 1. The van der Waals surface area contributed by atoms with Gasteiger partial charge in [-0.3, -0.25) is 9.69 Å². The molecule has 1 aliphatic rings. The van der Waals surface area contributed by atoms with Crippen molar-refractivity contribution >= 4 is 41.1 Å². The Morgan fingerprint density at radius 2 is 1.81 bits per heavy atom. The molecule has 31 heavy (non-hydrogen) atoms.